The van der Waals surface area contributed by atoms with Crippen LogP contribution < -0.4 is 0 Å². The van der Waals surface area contributed by atoms with Crippen LogP contribution in [-0.2, 0) is 6.42 Å². The summed E-state index contributed by atoms with van der Waals surface area (Å²) >= 11 is 3.43. The second kappa shape index (κ2) is 4.94. The Bertz CT molecular complexity index is 604. The van der Waals surface area contributed by atoms with Gasteiger partial charge in [-0.25, -0.2) is 9.78 Å². The van der Waals surface area contributed by atoms with Crippen molar-refractivity contribution in [1.29, 1.82) is 0 Å². The van der Waals surface area contributed by atoms with E-state index in [2.05, 4.69) is 20.9 Å². The number of carboxylic acids is 1. The number of oxazole rings is 1. The van der Waals surface area contributed by atoms with Gasteiger partial charge in [-0.15, -0.1) is 0 Å². The Morgan fingerprint density at radius 2 is 2.22 bits per heavy atom. The molecule has 0 aliphatic rings. The molecule has 0 saturated heterocycles. The average molecular weight is 310 g/mol. The molecule has 0 fully saturated rings. The van der Waals surface area contributed by atoms with Gasteiger partial charge in [0.1, 0.15) is 0 Å². The van der Waals surface area contributed by atoms with Gasteiger partial charge in [0.2, 0.25) is 11.7 Å². The fourth-order valence-corrected chi connectivity index (χ4v) is 2.33. The molecule has 0 radical (unpaired) electrons. The minimum absolute atomic E-state index is 0.0834. The van der Waals surface area contributed by atoms with Gasteiger partial charge in [-0.3, -0.25) is 0 Å². The molecule has 1 aromatic heterocycles. The number of benzene rings is 1. The number of hydrogen-bond acceptors (Lipinski definition) is 3. The number of carboxylic acid groups (broad SMARTS) is 1. The fraction of sp³-hybridized carbons (Fsp3) is 0.231. The standard InChI is InChI=1S/C13H12BrNO3/c1-3-10-11(13(16)17)18-12(15-10)8-5-4-7(2)6-9(8)14/h4-6H,3H2,1-2H3,(H,16,17). The molecule has 0 saturated carbocycles. The van der Waals surface area contributed by atoms with Crippen LogP contribution in [-0.4, -0.2) is 16.1 Å². The van der Waals surface area contributed by atoms with E-state index in [9.17, 15) is 4.79 Å². The summed E-state index contributed by atoms with van der Waals surface area (Å²) < 4.78 is 6.17. The maximum atomic E-state index is 11.0. The van der Waals surface area contributed by atoms with Crippen LogP contribution >= 0.6 is 15.9 Å². The Labute approximate surface area is 113 Å². The molecule has 0 bridgehead atoms. The van der Waals surface area contributed by atoms with Gasteiger partial charge in [0, 0.05) is 4.47 Å². The zero-order valence-electron chi connectivity index (χ0n) is 10.0. The SMILES string of the molecule is CCc1nc(-c2ccc(C)cc2Br)oc1C(=O)O. The van der Waals surface area contributed by atoms with Crippen molar-refractivity contribution < 1.29 is 14.3 Å². The van der Waals surface area contributed by atoms with Crippen LogP contribution in [0.15, 0.2) is 27.1 Å². The Kier molecular flexibility index (Phi) is 3.52. The molecule has 1 N–H and O–H groups in total. The van der Waals surface area contributed by atoms with Crippen molar-refractivity contribution in [2.45, 2.75) is 20.3 Å². The number of hydrogen-bond donors (Lipinski definition) is 1. The van der Waals surface area contributed by atoms with E-state index in [1.165, 1.54) is 0 Å². The van der Waals surface area contributed by atoms with Crippen molar-refractivity contribution in [1.82, 2.24) is 4.98 Å². The van der Waals surface area contributed by atoms with E-state index in [0.29, 0.717) is 18.0 Å². The number of aryl methyl sites for hydroxylation is 2. The van der Waals surface area contributed by atoms with Gasteiger partial charge in [-0.1, -0.05) is 13.0 Å². The third kappa shape index (κ3) is 2.31. The molecule has 0 spiro atoms. The van der Waals surface area contributed by atoms with E-state index in [1.807, 2.05) is 32.0 Å². The number of carbonyl (C=O) groups is 1. The Morgan fingerprint density at radius 1 is 1.50 bits per heavy atom. The summed E-state index contributed by atoms with van der Waals surface area (Å²) in [5.74, 6) is -0.843. The lowest BCUT2D eigenvalue weighted by molar-refractivity contribution is 0.0662. The minimum atomic E-state index is -1.09. The van der Waals surface area contributed by atoms with Crippen LogP contribution in [0.1, 0.15) is 28.7 Å². The second-order valence-corrected chi connectivity index (χ2v) is 4.79. The lowest BCUT2D eigenvalue weighted by Gasteiger charge is -2.00. The van der Waals surface area contributed by atoms with Crippen molar-refractivity contribution in [3.63, 3.8) is 0 Å². The molecule has 18 heavy (non-hydrogen) atoms. The van der Waals surface area contributed by atoms with Gasteiger partial charge in [0.25, 0.3) is 0 Å². The van der Waals surface area contributed by atoms with Gasteiger partial charge in [-0.05, 0) is 47.0 Å². The Hall–Kier alpha value is -1.62. The molecule has 5 heteroatoms. The molecule has 0 aliphatic carbocycles. The molecule has 94 valence electrons. The van der Waals surface area contributed by atoms with Crippen molar-refractivity contribution >= 4 is 21.9 Å². The first-order chi connectivity index (χ1) is 8.52. The number of aromatic carboxylic acids is 1. The summed E-state index contributed by atoms with van der Waals surface area (Å²) in [6.07, 6.45) is 0.522. The third-order valence-electron chi connectivity index (χ3n) is 2.58. The van der Waals surface area contributed by atoms with Crippen LogP contribution in [0.3, 0.4) is 0 Å². The first-order valence-electron chi connectivity index (χ1n) is 5.52. The Morgan fingerprint density at radius 3 is 2.72 bits per heavy atom. The van der Waals surface area contributed by atoms with E-state index in [0.717, 1.165) is 15.6 Å². The highest BCUT2D eigenvalue weighted by molar-refractivity contribution is 9.10. The lowest BCUT2D eigenvalue weighted by atomic mass is 10.1. The largest absolute Gasteiger partial charge is 0.475 e. The molecule has 2 aromatic rings. The van der Waals surface area contributed by atoms with Crippen LogP contribution in [0.25, 0.3) is 11.5 Å². The highest BCUT2D eigenvalue weighted by Crippen LogP contribution is 2.30. The Balaban J connectivity index is 2.54. The first kappa shape index (κ1) is 12.8. The monoisotopic (exact) mass is 309 g/mol. The van der Waals surface area contributed by atoms with Crippen molar-refractivity contribution in [2.24, 2.45) is 0 Å². The molecule has 2 rings (SSSR count). The van der Waals surface area contributed by atoms with Gasteiger partial charge in [-0.2, -0.15) is 0 Å². The summed E-state index contributed by atoms with van der Waals surface area (Å²) in [7, 11) is 0. The maximum absolute atomic E-state index is 11.0. The van der Waals surface area contributed by atoms with Gasteiger partial charge in [0.05, 0.1) is 11.3 Å². The molecule has 0 atom stereocenters. The minimum Gasteiger partial charge on any atom is -0.475 e. The number of aromatic nitrogens is 1. The van der Waals surface area contributed by atoms with Gasteiger partial charge in [0.15, 0.2) is 0 Å². The number of halogens is 1. The predicted octanol–water partition coefficient (Wildman–Crippen LogP) is 3.67. The average Bonchev–Trinajstić information content (AvgIpc) is 2.73. The van der Waals surface area contributed by atoms with E-state index in [-0.39, 0.29) is 5.76 Å². The topological polar surface area (TPSA) is 63.3 Å². The van der Waals surface area contributed by atoms with Crippen molar-refractivity contribution in [3.8, 4) is 11.5 Å². The first-order valence-corrected chi connectivity index (χ1v) is 6.31. The smallest absolute Gasteiger partial charge is 0.373 e. The molecular weight excluding hydrogens is 298 g/mol. The van der Waals surface area contributed by atoms with Crippen molar-refractivity contribution in [3.05, 3.63) is 39.7 Å². The highest BCUT2D eigenvalue weighted by atomic mass is 79.9. The molecule has 0 amide bonds. The predicted molar refractivity (Wildman–Crippen MR) is 70.7 cm³/mol. The second-order valence-electron chi connectivity index (χ2n) is 3.94. The van der Waals surface area contributed by atoms with Crippen LogP contribution in [0, 0.1) is 6.92 Å². The summed E-state index contributed by atoms with van der Waals surface area (Å²) in [4.78, 5) is 15.3. The van der Waals surface area contributed by atoms with E-state index < -0.39 is 5.97 Å². The quantitative estimate of drug-likeness (QED) is 0.939. The molecule has 4 nitrogen and oxygen atoms in total. The molecular formula is C13H12BrNO3. The van der Waals surface area contributed by atoms with E-state index in [1.54, 1.807) is 0 Å². The third-order valence-corrected chi connectivity index (χ3v) is 3.24. The number of nitrogens with zero attached hydrogens (tertiary/aromatic N) is 1. The van der Waals surface area contributed by atoms with Crippen LogP contribution in [0.2, 0.25) is 0 Å². The molecule has 1 heterocycles. The zero-order valence-corrected chi connectivity index (χ0v) is 11.6. The summed E-state index contributed by atoms with van der Waals surface area (Å²) in [6.45, 7) is 3.82. The van der Waals surface area contributed by atoms with E-state index >= 15 is 0 Å². The highest BCUT2D eigenvalue weighted by Gasteiger charge is 2.20. The van der Waals surface area contributed by atoms with E-state index in [4.69, 9.17) is 9.52 Å². The lowest BCUT2D eigenvalue weighted by Crippen LogP contribution is -1.98. The molecule has 1 aromatic carbocycles. The number of rotatable bonds is 3. The van der Waals surface area contributed by atoms with Gasteiger partial charge < -0.3 is 9.52 Å². The maximum Gasteiger partial charge on any atom is 0.373 e. The zero-order chi connectivity index (χ0) is 13.3. The molecule has 0 unspecified atom stereocenters. The summed E-state index contributed by atoms with van der Waals surface area (Å²) in [5, 5.41) is 9.02. The molecule has 0 aliphatic heterocycles. The van der Waals surface area contributed by atoms with Crippen molar-refractivity contribution in [2.75, 3.05) is 0 Å². The normalized spacial score (nSPS) is 10.6. The van der Waals surface area contributed by atoms with Crippen LogP contribution in [0.4, 0.5) is 0 Å². The van der Waals surface area contributed by atoms with Gasteiger partial charge >= 0.3 is 5.97 Å². The summed E-state index contributed by atoms with van der Waals surface area (Å²) in [6, 6.07) is 5.72. The van der Waals surface area contributed by atoms with Crippen LogP contribution in [0.5, 0.6) is 0 Å². The fourth-order valence-electron chi connectivity index (χ4n) is 1.67. The summed E-state index contributed by atoms with van der Waals surface area (Å²) in [5.41, 5.74) is 2.32.